The van der Waals surface area contributed by atoms with Crippen LogP contribution in [0.3, 0.4) is 0 Å². The summed E-state index contributed by atoms with van der Waals surface area (Å²) >= 11 is 0. The molecule has 15 heavy (non-hydrogen) atoms. The highest BCUT2D eigenvalue weighted by atomic mass is 16.2. The van der Waals surface area contributed by atoms with E-state index in [1.165, 1.54) is 0 Å². The van der Waals surface area contributed by atoms with Crippen LogP contribution in [0.25, 0.3) is 0 Å². The van der Waals surface area contributed by atoms with Crippen molar-refractivity contribution in [1.82, 2.24) is 15.5 Å². The minimum absolute atomic E-state index is 0.00856. The molecule has 2 atom stereocenters. The maximum atomic E-state index is 11.8. The molecule has 2 N–H and O–H groups in total. The lowest BCUT2D eigenvalue weighted by molar-refractivity contribution is -0.126. The number of hydrogen-bond donors (Lipinski definition) is 2. The van der Waals surface area contributed by atoms with Gasteiger partial charge in [0.2, 0.25) is 5.91 Å². The molecule has 0 aromatic heterocycles. The molecule has 1 heterocycles. The molecule has 0 bridgehead atoms. The molecule has 2 unspecified atom stereocenters. The molecule has 1 fully saturated rings. The Kier molecular flexibility index (Phi) is 4.54. The lowest BCUT2D eigenvalue weighted by Gasteiger charge is -2.24. The quantitative estimate of drug-likeness (QED) is 0.701. The highest BCUT2D eigenvalue weighted by molar-refractivity contribution is 5.81. The van der Waals surface area contributed by atoms with Crippen LogP contribution < -0.4 is 10.6 Å². The third-order valence-corrected chi connectivity index (χ3v) is 2.99. The number of likely N-dealkylation sites (N-methyl/N-ethyl adjacent to an activating group) is 1. The first-order valence-corrected chi connectivity index (χ1v) is 5.76. The lowest BCUT2D eigenvalue weighted by Crippen LogP contribution is -2.46. The largest absolute Gasteiger partial charge is 0.353 e. The van der Waals surface area contributed by atoms with Crippen LogP contribution in [0.5, 0.6) is 0 Å². The molecule has 1 aliphatic heterocycles. The van der Waals surface area contributed by atoms with Gasteiger partial charge in [-0.2, -0.15) is 0 Å². The maximum Gasteiger partial charge on any atom is 0.237 e. The average Bonchev–Trinajstić information content (AvgIpc) is 2.63. The van der Waals surface area contributed by atoms with Gasteiger partial charge in [-0.25, -0.2) is 0 Å². The summed E-state index contributed by atoms with van der Waals surface area (Å²) in [5.74, 6) is 0.141. The Morgan fingerprint density at radius 3 is 2.53 bits per heavy atom. The molecule has 0 radical (unpaired) electrons. The fourth-order valence-corrected chi connectivity index (χ4v) is 1.95. The number of rotatable bonds is 4. The molecule has 0 aromatic rings. The molecule has 4 nitrogen and oxygen atoms in total. The number of carbonyl (C=O) groups excluding carboxylic acids is 1. The van der Waals surface area contributed by atoms with Crippen molar-refractivity contribution in [2.75, 3.05) is 20.1 Å². The van der Waals surface area contributed by atoms with Crippen molar-refractivity contribution in [2.24, 2.45) is 0 Å². The number of amides is 1. The summed E-state index contributed by atoms with van der Waals surface area (Å²) in [6.45, 7) is 7.95. The van der Waals surface area contributed by atoms with Crippen LogP contribution in [-0.2, 0) is 4.79 Å². The summed E-state index contributed by atoms with van der Waals surface area (Å²) in [7, 11) is 1.98. The van der Waals surface area contributed by atoms with Crippen molar-refractivity contribution >= 4 is 5.91 Å². The molecule has 4 heteroatoms. The fourth-order valence-electron chi connectivity index (χ4n) is 1.95. The normalized spacial score (nSPS) is 24.5. The second kappa shape index (κ2) is 5.47. The smallest absolute Gasteiger partial charge is 0.237 e. The number of carbonyl (C=O) groups is 1. The van der Waals surface area contributed by atoms with E-state index in [0.29, 0.717) is 6.04 Å². The summed E-state index contributed by atoms with van der Waals surface area (Å²) in [6, 6.07) is 0.757. The molecular formula is C11H23N3O. The van der Waals surface area contributed by atoms with Gasteiger partial charge in [0.25, 0.3) is 0 Å². The molecule has 88 valence electrons. The van der Waals surface area contributed by atoms with Crippen LogP contribution in [0.1, 0.15) is 27.2 Å². The van der Waals surface area contributed by atoms with Crippen molar-refractivity contribution in [3.05, 3.63) is 0 Å². The second-order valence-corrected chi connectivity index (χ2v) is 4.61. The van der Waals surface area contributed by atoms with Gasteiger partial charge in [0.05, 0.1) is 6.04 Å². The molecule has 0 aliphatic carbocycles. The van der Waals surface area contributed by atoms with E-state index < -0.39 is 0 Å². The van der Waals surface area contributed by atoms with Crippen LogP contribution in [0, 0.1) is 0 Å². The van der Waals surface area contributed by atoms with E-state index in [2.05, 4.69) is 15.5 Å². The topological polar surface area (TPSA) is 44.4 Å². The van der Waals surface area contributed by atoms with Gasteiger partial charge in [0.1, 0.15) is 0 Å². The zero-order valence-electron chi connectivity index (χ0n) is 10.2. The van der Waals surface area contributed by atoms with Gasteiger partial charge in [0, 0.05) is 25.2 Å². The Labute approximate surface area is 92.4 Å². The highest BCUT2D eigenvalue weighted by Gasteiger charge is 2.28. The number of nitrogens with one attached hydrogen (secondary N) is 2. The average molecular weight is 213 g/mol. The first kappa shape index (κ1) is 12.5. The Bertz CT molecular complexity index is 218. The Morgan fingerprint density at radius 2 is 2.07 bits per heavy atom. The van der Waals surface area contributed by atoms with Crippen LogP contribution in [0.2, 0.25) is 0 Å². The standard InChI is InChI=1S/C11H23N3O/c1-8(2)13-11(15)9(3)14-6-5-10(7-14)12-4/h8-10,12H,5-7H2,1-4H3,(H,13,15). The predicted molar refractivity (Wildman–Crippen MR) is 61.8 cm³/mol. The molecule has 1 rings (SSSR count). The van der Waals surface area contributed by atoms with Crippen LogP contribution in [0.4, 0.5) is 0 Å². The molecule has 1 amide bonds. The maximum absolute atomic E-state index is 11.8. The third-order valence-electron chi connectivity index (χ3n) is 2.99. The summed E-state index contributed by atoms with van der Waals surface area (Å²) in [4.78, 5) is 14.0. The van der Waals surface area contributed by atoms with Gasteiger partial charge in [-0.3, -0.25) is 9.69 Å². The van der Waals surface area contributed by atoms with E-state index in [0.717, 1.165) is 19.5 Å². The molecule has 0 spiro atoms. The van der Waals surface area contributed by atoms with Gasteiger partial charge >= 0.3 is 0 Å². The molecule has 1 saturated heterocycles. The van der Waals surface area contributed by atoms with E-state index in [1.54, 1.807) is 0 Å². The van der Waals surface area contributed by atoms with E-state index in [4.69, 9.17) is 0 Å². The molecule has 0 aromatic carbocycles. The van der Waals surface area contributed by atoms with Gasteiger partial charge < -0.3 is 10.6 Å². The van der Waals surface area contributed by atoms with Crippen molar-refractivity contribution in [3.63, 3.8) is 0 Å². The van der Waals surface area contributed by atoms with Crippen molar-refractivity contribution in [3.8, 4) is 0 Å². The van der Waals surface area contributed by atoms with Gasteiger partial charge in [0.15, 0.2) is 0 Å². The summed E-state index contributed by atoms with van der Waals surface area (Å²) in [5.41, 5.74) is 0. The second-order valence-electron chi connectivity index (χ2n) is 4.61. The summed E-state index contributed by atoms with van der Waals surface area (Å²) in [5, 5.41) is 6.21. The molecule has 1 aliphatic rings. The zero-order chi connectivity index (χ0) is 11.4. The van der Waals surface area contributed by atoms with Crippen LogP contribution in [-0.4, -0.2) is 49.1 Å². The van der Waals surface area contributed by atoms with E-state index >= 15 is 0 Å². The Balaban J connectivity index is 2.40. The van der Waals surface area contributed by atoms with Gasteiger partial charge in [-0.1, -0.05) is 0 Å². The lowest BCUT2D eigenvalue weighted by atomic mass is 10.2. The third kappa shape index (κ3) is 3.47. The predicted octanol–water partition coefficient (Wildman–Crippen LogP) is 0.193. The first-order chi connectivity index (χ1) is 7.04. The van der Waals surface area contributed by atoms with Crippen molar-refractivity contribution < 1.29 is 4.79 Å². The number of hydrogen-bond acceptors (Lipinski definition) is 3. The minimum atomic E-state index is -0.00856. The SMILES string of the molecule is CNC1CCN(C(C)C(=O)NC(C)C)C1. The summed E-state index contributed by atoms with van der Waals surface area (Å²) < 4.78 is 0. The van der Waals surface area contributed by atoms with Gasteiger partial charge in [-0.05, 0) is 34.2 Å². The monoisotopic (exact) mass is 213 g/mol. The van der Waals surface area contributed by atoms with Crippen molar-refractivity contribution in [1.29, 1.82) is 0 Å². The first-order valence-electron chi connectivity index (χ1n) is 5.76. The van der Waals surface area contributed by atoms with Gasteiger partial charge in [-0.15, -0.1) is 0 Å². The van der Waals surface area contributed by atoms with Crippen LogP contribution >= 0.6 is 0 Å². The van der Waals surface area contributed by atoms with E-state index in [9.17, 15) is 4.79 Å². The highest BCUT2D eigenvalue weighted by Crippen LogP contribution is 2.12. The van der Waals surface area contributed by atoms with Crippen LogP contribution in [0.15, 0.2) is 0 Å². The van der Waals surface area contributed by atoms with Crippen molar-refractivity contribution in [2.45, 2.75) is 45.3 Å². The molecular weight excluding hydrogens is 190 g/mol. The fraction of sp³-hybridized carbons (Fsp3) is 0.909. The number of likely N-dealkylation sites (tertiary alicyclic amines) is 1. The Morgan fingerprint density at radius 1 is 1.40 bits per heavy atom. The van der Waals surface area contributed by atoms with E-state index in [1.807, 2.05) is 27.8 Å². The minimum Gasteiger partial charge on any atom is -0.353 e. The van der Waals surface area contributed by atoms with E-state index in [-0.39, 0.29) is 18.0 Å². The zero-order valence-corrected chi connectivity index (χ0v) is 10.2. The Hall–Kier alpha value is -0.610. The molecule has 0 saturated carbocycles. The summed E-state index contributed by atoms with van der Waals surface area (Å²) in [6.07, 6.45) is 1.13. The number of nitrogens with zero attached hydrogens (tertiary/aromatic N) is 1.